The number of carbonyl (C=O) groups excluding carboxylic acids is 2. The van der Waals surface area contributed by atoms with Gasteiger partial charge in [-0.05, 0) is 0 Å². The molecule has 1 heterocycles. The maximum Gasteiger partial charge on any atom is 0.311 e. The Morgan fingerprint density at radius 2 is 2.09 bits per heavy atom. The van der Waals surface area contributed by atoms with E-state index in [1.165, 1.54) is 30.5 Å². The van der Waals surface area contributed by atoms with Crippen molar-refractivity contribution in [2.45, 2.75) is 6.42 Å². The third-order valence-electron chi connectivity index (χ3n) is 2.59. The minimum absolute atomic E-state index is 0.175. The minimum atomic E-state index is -0.746. The third-order valence-corrected chi connectivity index (χ3v) is 2.59. The van der Waals surface area contributed by atoms with Crippen LogP contribution in [-0.4, -0.2) is 28.6 Å². The van der Waals surface area contributed by atoms with Crippen LogP contribution in [0.4, 0.5) is 11.5 Å². The number of carbonyl (C=O) groups is 2. The van der Waals surface area contributed by atoms with Gasteiger partial charge >= 0.3 is 5.97 Å². The maximum absolute atomic E-state index is 11.6. The van der Waals surface area contributed by atoms with E-state index < -0.39 is 23.4 Å². The quantitative estimate of drug-likeness (QED) is 0.484. The second-order valence-corrected chi connectivity index (χ2v) is 4.16. The molecule has 0 aliphatic carbocycles. The van der Waals surface area contributed by atoms with Crippen LogP contribution in [0.1, 0.15) is 5.56 Å². The van der Waals surface area contributed by atoms with E-state index in [0.29, 0.717) is 0 Å². The van der Waals surface area contributed by atoms with E-state index in [1.807, 2.05) is 0 Å². The molecule has 2 rings (SSSR count). The standard InChI is InChI=1S/C13H11N3O6/c17-12(14-11-5-6-22-15-11)8-21-13(18)7-9-3-1-2-4-10(9)16(19)20/h1-6H,7-8H2,(H,14,15,17). The Labute approximate surface area is 124 Å². The minimum Gasteiger partial charge on any atom is -0.455 e. The highest BCUT2D eigenvalue weighted by molar-refractivity contribution is 5.92. The van der Waals surface area contributed by atoms with E-state index in [0.717, 1.165) is 0 Å². The summed E-state index contributed by atoms with van der Waals surface area (Å²) in [6.45, 7) is -0.522. The van der Waals surface area contributed by atoms with Crippen LogP contribution in [-0.2, 0) is 20.7 Å². The van der Waals surface area contributed by atoms with Crippen molar-refractivity contribution in [1.82, 2.24) is 5.16 Å². The average molecular weight is 305 g/mol. The fourth-order valence-corrected chi connectivity index (χ4v) is 1.65. The Kier molecular flexibility index (Phi) is 4.81. The Morgan fingerprint density at radius 1 is 1.32 bits per heavy atom. The van der Waals surface area contributed by atoms with Crippen molar-refractivity contribution in [3.8, 4) is 0 Å². The van der Waals surface area contributed by atoms with E-state index in [1.54, 1.807) is 6.07 Å². The number of hydrogen-bond donors (Lipinski definition) is 1. The number of amides is 1. The number of hydrogen-bond acceptors (Lipinski definition) is 7. The van der Waals surface area contributed by atoms with Crippen LogP contribution < -0.4 is 5.32 Å². The zero-order valence-electron chi connectivity index (χ0n) is 11.2. The number of rotatable bonds is 6. The molecule has 1 amide bonds. The van der Waals surface area contributed by atoms with Crippen molar-refractivity contribution in [1.29, 1.82) is 0 Å². The number of nitro benzene ring substituents is 1. The largest absolute Gasteiger partial charge is 0.455 e. The number of aromatic nitrogens is 1. The molecule has 0 spiro atoms. The van der Waals surface area contributed by atoms with Gasteiger partial charge in [0.05, 0.1) is 11.3 Å². The van der Waals surface area contributed by atoms with Crippen LogP contribution in [0.15, 0.2) is 41.1 Å². The van der Waals surface area contributed by atoms with Crippen molar-refractivity contribution in [3.05, 3.63) is 52.3 Å². The number of nitro groups is 1. The molecule has 0 unspecified atom stereocenters. The first kappa shape index (κ1) is 15.2. The Hall–Kier alpha value is -3.23. The molecule has 0 saturated carbocycles. The molecule has 1 aromatic heterocycles. The molecule has 1 aromatic carbocycles. The molecule has 114 valence electrons. The summed E-state index contributed by atoms with van der Waals surface area (Å²) in [6, 6.07) is 7.24. The summed E-state index contributed by atoms with van der Waals surface area (Å²) in [5.74, 6) is -1.14. The summed E-state index contributed by atoms with van der Waals surface area (Å²) in [6.07, 6.45) is 0.977. The number of esters is 1. The first-order valence-electron chi connectivity index (χ1n) is 6.14. The molecule has 9 heteroatoms. The smallest absolute Gasteiger partial charge is 0.311 e. The van der Waals surface area contributed by atoms with Gasteiger partial charge in [0.2, 0.25) is 0 Å². The van der Waals surface area contributed by atoms with Gasteiger partial charge in [-0.15, -0.1) is 0 Å². The van der Waals surface area contributed by atoms with E-state index in [4.69, 9.17) is 4.74 Å². The van der Waals surface area contributed by atoms with Crippen LogP contribution in [0.25, 0.3) is 0 Å². The second kappa shape index (κ2) is 6.97. The van der Waals surface area contributed by atoms with E-state index >= 15 is 0 Å². The predicted molar refractivity (Wildman–Crippen MR) is 72.9 cm³/mol. The monoisotopic (exact) mass is 305 g/mol. The summed E-state index contributed by atoms with van der Waals surface area (Å²) < 4.78 is 9.28. The van der Waals surface area contributed by atoms with Crippen molar-refractivity contribution in [2.75, 3.05) is 11.9 Å². The zero-order valence-corrected chi connectivity index (χ0v) is 11.2. The lowest BCUT2D eigenvalue weighted by Gasteiger charge is -2.05. The predicted octanol–water partition coefficient (Wildman–Crippen LogP) is 1.31. The first-order chi connectivity index (χ1) is 10.6. The molecule has 0 atom stereocenters. The summed E-state index contributed by atoms with van der Waals surface area (Å²) in [5.41, 5.74) is 0.0425. The van der Waals surface area contributed by atoms with Gasteiger partial charge in [0.25, 0.3) is 11.6 Å². The van der Waals surface area contributed by atoms with Gasteiger partial charge in [-0.1, -0.05) is 23.4 Å². The Morgan fingerprint density at radius 3 is 2.77 bits per heavy atom. The topological polar surface area (TPSA) is 125 Å². The molecule has 0 fully saturated rings. The molecule has 0 aliphatic heterocycles. The van der Waals surface area contributed by atoms with Gasteiger partial charge in [-0.3, -0.25) is 19.7 Å². The Balaban J connectivity index is 1.86. The van der Waals surface area contributed by atoms with Gasteiger partial charge in [-0.25, -0.2) is 0 Å². The lowest BCUT2D eigenvalue weighted by atomic mass is 10.1. The third kappa shape index (κ3) is 4.13. The molecule has 0 bridgehead atoms. The number of nitrogens with zero attached hydrogens (tertiary/aromatic N) is 2. The molecule has 1 N–H and O–H groups in total. The van der Waals surface area contributed by atoms with Crippen LogP contribution in [0.5, 0.6) is 0 Å². The highest BCUT2D eigenvalue weighted by atomic mass is 16.6. The van der Waals surface area contributed by atoms with Crippen molar-refractivity contribution >= 4 is 23.4 Å². The summed E-state index contributed by atoms with van der Waals surface area (Å²) in [5, 5.41) is 16.6. The lowest BCUT2D eigenvalue weighted by Crippen LogP contribution is -2.21. The number of para-hydroxylation sites is 1. The molecule has 22 heavy (non-hydrogen) atoms. The molecule has 0 radical (unpaired) electrons. The summed E-state index contributed by atoms with van der Waals surface area (Å²) in [4.78, 5) is 33.3. The molecular formula is C13H11N3O6. The maximum atomic E-state index is 11.6. The molecule has 9 nitrogen and oxygen atoms in total. The fraction of sp³-hybridized carbons (Fsp3) is 0.154. The van der Waals surface area contributed by atoms with Crippen molar-refractivity contribution in [2.24, 2.45) is 0 Å². The van der Waals surface area contributed by atoms with Gasteiger partial charge in [-0.2, -0.15) is 0 Å². The lowest BCUT2D eigenvalue weighted by molar-refractivity contribution is -0.385. The van der Waals surface area contributed by atoms with Crippen LogP contribution in [0.3, 0.4) is 0 Å². The number of ether oxygens (including phenoxy) is 1. The SMILES string of the molecule is O=C(COC(=O)Cc1ccccc1[N+](=O)[O-])Nc1ccon1. The fourth-order valence-electron chi connectivity index (χ4n) is 1.65. The second-order valence-electron chi connectivity index (χ2n) is 4.16. The zero-order chi connectivity index (χ0) is 15.9. The highest BCUT2D eigenvalue weighted by Crippen LogP contribution is 2.18. The average Bonchev–Trinajstić information content (AvgIpc) is 2.98. The normalized spacial score (nSPS) is 10.0. The van der Waals surface area contributed by atoms with Crippen molar-refractivity contribution < 1.29 is 23.8 Å². The molecule has 0 aliphatic rings. The van der Waals surface area contributed by atoms with E-state index in [2.05, 4.69) is 15.0 Å². The van der Waals surface area contributed by atoms with Crippen LogP contribution in [0.2, 0.25) is 0 Å². The number of anilines is 1. The van der Waals surface area contributed by atoms with Gasteiger partial charge < -0.3 is 14.6 Å². The van der Waals surface area contributed by atoms with Gasteiger partial charge in [0.1, 0.15) is 6.26 Å². The number of nitrogens with one attached hydrogen (secondary N) is 1. The van der Waals surface area contributed by atoms with Gasteiger partial charge in [0, 0.05) is 17.7 Å². The van der Waals surface area contributed by atoms with Crippen LogP contribution in [0, 0.1) is 10.1 Å². The molecule has 2 aromatic rings. The van der Waals surface area contributed by atoms with Gasteiger partial charge in [0.15, 0.2) is 12.4 Å². The first-order valence-corrected chi connectivity index (χ1v) is 6.14. The Bertz CT molecular complexity index is 683. The highest BCUT2D eigenvalue weighted by Gasteiger charge is 2.17. The molecule has 0 saturated heterocycles. The van der Waals surface area contributed by atoms with E-state index in [9.17, 15) is 19.7 Å². The number of benzene rings is 1. The summed E-state index contributed by atoms with van der Waals surface area (Å²) >= 11 is 0. The van der Waals surface area contributed by atoms with Crippen LogP contribution >= 0.6 is 0 Å². The summed E-state index contributed by atoms with van der Waals surface area (Å²) in [7, 11) is 0. The van der Waals surface area contributed by atoms with E-state index in [-0.39, 0.29) is 23.5 Å². The van der Waals surface area contributed by atoms with Crippen molar-refractivity contribution in [3.63, 3.8) is 0 Å². The molecular weight excluding hydrogens is 294 g/mol.